The molecule has 1 fully saturated rings. The summed E-state index contributed by atoms with van der Waals surface area (Å²) in [4.78, 5) is 7.03. The molecule has 1 atom stereocenters. The van der Waals surface area contributed by atoms with E-state index in [1.165, 1.54) is 17.7 Å². The summed E-state index contributed by atoms with van der Waals surface area (Å²) >= 11 is 0. The Morgan fingerprint density at radius 3 is 2.68 bits per heavy atom. The van der Waals surface area contributed by atoms with Crippen LogP contribution in [0.3, 0.4) is 0 Å². The third-order valence-electron chi connectivity index (χ3n) is 4.93. The highest BCUT2D eigenvalue weighted by Crippen LogP contribution is 2.24. The maximum Gasteiger partial charge on any atom is 0.157 e. The number of nitrogens with one attached hydrogen (secondary N) is 1. The molecule has 25 heavy (non-hydrogen) atoms. The second-order valence-corrected chi connectivity index (χ2v) is 7.16. The van der Waals surface area contributed by atoms with Crippen LogP contribution >= 0.6 is 0 Å². The Labute approximate surface area is 148 Å². The molecule has 1 N–H and O–H groups in total. The molecule has 0 spiro atoms. The number of rotatable bonds is 4. The number of fused-ring (bicyclic) bond motifs is 1. The van der Waals surface area contributed by atoms with Crippen LogP contribution in [-0.2, 0) is 0 Å². The molecule has 0 bridgehead atoms. The summed E-state index contributed by atoms with van der Waals surface area (Å²) in [5.74, 6) is 1.67. The largest absolute Gasteiger partial charge is 0.371 e. The zero-order valence-corrected chi connectivity index (χ0v) is 15.2. The van der Waals surface area contributed by atoms with E-state index >= 15 is 0 Å². The van der Waals surface area contributed by atoms with Crippen LogP contribution in [0, 0.1) is 26.7 Å². The van der Waals surface area contributed by atoms with Gasteiger partial charge in [0.25, 0.3) is 0 Å². The van der Waals surface area contributed by atoms with E-state index in [2.05, 4.69) is 57.6 Å². The molecule has 130 valence electrons. The minimum absolute atomic E-state index is 0.640. The average Bonchev–Trinajstić information content (AvgIpc) is 3.19. The summed E-state index contributed by atoms with van der Waals surface area (Å²) < 4.78 is 1.91. The fourth-order valence-corrected chi connectivity index (χ4v) is 3.58. The van der Waals surface area contributed by atoms with Gasteiger partial charge in [0.2, 0.25) is 0 Å². The maximum atomic E-state index is 4.55. The Bertz CT molecular complexity index is 881. The summed E-state index contributed by atoms with van der Waals surface area (Å²) in [6, 6.07) is 12.9. The number of benzene rings is 1. The van der Waals surface area contributed by atoms with E-state index in [0.717, 1.165) is 42.5 Å². The molecule has 1 aromatic carbocycles. The summed E-state index contributed by atoms with van der Waals surface area (Å²) in [7, 11) is 0. The molecule has 0 unspecified atom stereocenters. The van der Waals surface area contributed by atoms with E-state index in [1.807, 2.05) is 24.4 Å². The summed E-state index contributed by atoms with van der Waals surface area (Å²) in [5.41, 5.74) is 5.56. The number of nitrogens with zero attached hydrogens (tertiary/aromatic N) is 4. The monoisotopic (exact) mass is 335 g/mol. The Kier molecular flexibility index (Phi) is 4.07. The average molecular weight is 335 g/mol. The van der Waals surface area contributed by atoms with Gasteiger partial charge in [0.15, 0.2) is 5.65 Å². The zero-order chi connectivity index (χ0) is 17.4. The van der Waals surface area contributed by atoms with Gasteiger partial charge in [-0.1, -0.05) is 17.7 Å². The molecule has 4 rings (SSSR count). The van der Waals surface area contributed by atoms with Crippen molar-refractivity contribution in [1.82, 2.24) is 14.6 Å². The third kappa shape index (κ3) is 3.31. The van der Waals surface area contributed by atoms with Crippen molar-refractivity contribution in [2.45, 2.75) is 27.2 Å². The van der Waals surface area contributed by atoms with Gasteiger partial charge in [-0.25, -0.2) is 4.98 Å². The van der Waals surface area contributed by atoms with Crippen LogP contribution in [-0.4, -0.2) is 34.2 Å². The first-order valence-corrected chi connectivity index (χ1v) is 8.98. The lowest BCUT2D eigenvalue weighted by atomic mass is 10.1. The van der Waals surface area contributed by atoms with Crippen LogP contribution in [0.4, 0.5) is 11.5 Å². The lowest BCUT2D eigenvalue weighted by Crippen LogP contribution is -2.23. The van der Waals surface area contributed by atoms with E-state index in [1.54, 1.807) is 0 Å². The van der Waals surface area contributed by atoms with Gasteiger partial charge >= 0.3 is 0 Å². The Morgan fingerprint density at radius 1 is 1.08 bits per heavy atom. The highest BCUT2D eigenvalue weighted by Gasteiger charge is 2.22. The minimum atomic E-state index is 0.640. The van der Waals surface area contributed by atoms with Crippen LogP contribution in [0.5, 0.6) is 0 Å². The molecule has 5 heteroatoms. The quantitative estimate of drug-likeness (QED) is 0.791. The fourth-order valence-electron chi connectivity index (χ4n) is 3.58. The van der Waals surface area contributed by atoms with Crippen molar-refractivity contribution in [3.63, 3.8) is 0 Å². The number of aromatic nitrogens is 3. The lowest BCUT2D eigenvalue weighted by Gasteiger charge is -2.19. The van der Waals surface area contributed by atoms with Crippen LogP contribution < -0.4 is 10.2 Å². The van der Waals surface area contributed by atoms with Gasteiger partial charge in [0.05, 0.1) is 5.69 Å². The Balaban J connectivity index is 1.43. The molecule has 0 amide bonds. The third-order valence-corrected chi connectivity index (χ3v) is 4.93. The molecule has 3 heterocycles. The van der Waals surface area contributed by atoms with E-state index in [-0.39, 0.29) is 0 Å². The van der Waals surface area contributed by atoms with Crippen molar-refractivity contribution in [2.75, 3.05) is 29.9 Å². The summed E-state index contributed by atoms with van der Waals surface area (Å²) in [6.07, 6.45) is 1.21. The molecule has 5 nitrogen and oxygen atoms in total. The fraction of sp³-hybridized carbons (Fsp3) is 0.400. The molecular formula is C20H25N5. The van der Waals surface area contributed by atoms with Gasteiger partial charge in [0.1, 0.15) is 5.82 Å². The van der Waals surface area contributed by atoms with Gasteiger partial charge in [-0.2, -0.15) is 9.61 Å². The smallest absolute Gasteiger partial charge is 0.157 e. The van der Waals surface area contributed by atoms with Gasteiger partial charge in [-0.15, -0.1) is 0 Å². The molecule has 1 saturated heterocycles. The van der Waals surface area contributed by atoms with Gasteiger partial charge in [-0.05, 0) is 45.2 Å². The SMILES string of the molecule is Cc1ccc(N2CC[C@@H](CNc3cc(C)nc4cc(C)nn34)C2)cc1. The van der Waals surface area contributed by atoms with E-state index < -0.39 is 0 Å². The van der Waals surface area contributed by atoms with E-state index in [0.29, 0.717) is 5.92 Å². The van der Waals surface area contributed by atoms with Gasteiger partial charge in [-0.3, -0.25) is 0 Å². The molecular weight excluding hydrogens is 310 g/mol. The van der Waals surface area contributed by atoms with Crippen molar-refractivity contribution in [1.29, 1.82) is 0 Å². The van der Waals surface area contributed by atoms with Crippen molar-refractivity contribution < 1.29 is 0 Å². The van der Waals surface area contributed by atoms with Crippen LogP contribution in [0.2, 0.25) is 0 Å². The molecule has 2 aromatic heterocycles. The topological polar surface area (TPSA) is 45.5 Å². The Morgan fingerprint density at radius 2 is 1.88 bits per heavy atom. The normalized spacial score (nSPS) is 17.4. The van der Waals surface area contributed by atoms with E-state index in [9.17, 15) is 0 Å². The van der Waals surface area contributed by atoms with Crippen molar-refractivity contribution in [2.24, 2.45) is 5.92 Å². The molecule has 0 saturated carbocycles. The first kappa shape index (κ1) is 15.9. The molecule has 0 aliphatic carbocycles. The van der Waals surface area contributed by atoms with E-state index in [4.69, 9.17) is 0 Å². The zero-order valence-electron chi connectivity index (χ0n) is 15.2. The van der Waals surface area contributed by atoms with Gasteiger partial charge < -0.3 is 10.2 Å². The van der Waals surface area contributed by atoms with Crippen LogP contribution in [0.1, 0.15) is 23.4 Å². The van der Waals surface area contributed by atoms with Crippen molar-refractivity contribution in [3.05, 3.63) is 53.3 Å². The highest BCUT2D eigenvalue weighted by atomic mass is 15.3. The number of anilines is 2. The predicted molar refractivity (Wildman–Crippen MR) is 102 cm³/mol. The van der Waals surface area contributed by atoms with Crippen molar-refractivity contribution >= 4 is 17.2 Å². The minimum Gasteiger partial charge on any atom is -0.371 e. The predicted octanol–water partition coefficient (Wildman–Crippen LogP) is 3.59. The molecule has 1 aliphatic heterocycles. The highest BCUT2D eigenvalue weighted by molar-refractivity contribution is 5.51. The van der Waals surface area contributed by atoms with Gasteiger partial charge in [0, 0.05) is 43.1 Å². The Hall–Kier alpha value is -2.56. The number of aryl methyl sites for hydroxylation is 3. The maximum absolute atomic E-state index is 4.55. The first-order chi connectivity index (χ1) is 12.1. The molecule has 1 aliphatic rings. The summed E-state index contributed by atoms with van der Waals surface area (Å²) in [5, 5.41) is 8.15. The van der Waals surface area contributed by atoms with Crippen molar-refractivity contribution in [3.8, 4) is 0 Å². The number of hydrogen-bond acceptors (Lipinski definition) is 4. The summed E-state index contributed by atoms with van der Waals surface area (Å²) in [6.45, 7) is 9.35. The standard InChI is InChI=1S/C20H25N5/c1-14-4-6-18(7-5-14)24-9-8-17(13-24)12-21-19-10-15(2)22-20-11-16(3)23-25(19)20/h4-7,10-11,17,21H,8-9,12-13H2,1-3H3/t17-/m0/s1. The number of hydrogen-bond donors (Lipinski definition) is 1. The first-order valence-electron chi connectivity index (χ1n) is 8.98. The second-order valence-electron chi connectivity index (χ2n) is 7.16. The molecule has 0 radical (unpaired) electrons. The van der Waals surface area contributed by atoms with Crippen LogP contribution in [0.25, 0.3) is 5.65 Å². The lowest BCUT2D eigenvalue weighted by molar-refractivity contribution is 0.619. The van der Waals surface area contributed by atoms with Crippen LogP contribution in [0.15, 0.2) is 36.4 Å². The molecule has 3 aromatic rings. The second kappa shape index (κ2) is 6.39.